The molecule has 2 bridgehead atoms. The number of nitrogens with one attached hydrogen (secondary N) is 2. The van der Waals surface area contributed by atoms with E-state index in [1.807, 2.05) is 4.90 Å². The molecular formula is C25H25N5O5S. The van der Waals surface area contributed by atoms with E-state index in [9.17, 15) is 22.8 Å². The van der Waals surface area contributed by atoms with Crippen molar-refractivity contribution in [3.63, 3.8) is 0 Å². The molecule has 2 atom stereocenters. The maximum Gasteiger partial charge on any atom is 0.275 e. The van der Waals surface area contributed by atoms with Crippen LogP contribution in [-0.4, -0.2) is 47.8 Å². The number of likely N-dealkylation sites (tertiary alicyclic amines) is 1. The van der Waals surface area contributed by atoms with Gasteiger partial charge in [0.05, 0.1) is 10.5 Å². The molecule has 0 saturated carbocycles. The molecule has 36 heavy (non-hydrogen) atoms. The van der Waals surface area contributed by atoms with Crippen LogP contribution in [0.5, 0.6) is 0 Å². The third kappa shape index (κ3) is 4.61. The number of amides is 2. The third-order valence-corrected chi connectivity index (χ3v) is 7.91. The predicted octanol–water partition coefficient (Wildman–Crippen LogP) is 2.26. The molecule has 2 N–H and O–H groups in total. The summed E-state index contributed by atoms with van der Waals surface area (Å²) < 4.78 is 29.9. The van der Waals surface area contributed by atoms with Gasteiger partial charge in [-0.1, -0.05) is 0 Å². The number of nitrogens with zero attached hydrogens (tertiary/aromatic N) is 3. The fraction of sp³-hybridized carbons (Fsp3) is 0.280. The lowest BCUT2D eigenvalue weighted by Crippen LogP contribution is -2.49. The van der Waals surface area contributed by atoms with E-state index in [1.165, 1.54) is 37.3 Å². The maximum absolute atomic E-state index is 13.3. The Kier molecular flexibility index (Phi) is 6.09. The Hall–Kier alpha value is -3.99. The molecule has 2 unspecified atom stereocenters. The summed E-state index contributed by atoms with van der Waals surface area (Å²) in [4.78, 5) is 43.2. The number of hydrogen-bond donors (Lipinski definition) is 2. The van der Waals surface area contributed by atoms with E-state index < -0.39 is 15.6 Å². The lowest BCUT2D eigenvalue weighted by atomic mass is 9.83. The first kappa shape index (κ1) is 23.7. The number of carbonyl (C=O) groups excluding carboxylic acids is 2. The van der Waals surface area contributed by atoms with Crippen molar-refractivity contribution in [3.8, 4) is 0 Å². The number of hydrogen-bond acceptors (Lipinski definition) is 6. The zero-order valence-electron chi connectivity index (χ0n) is 19.5. The number of carbonyl (C=O) groups is 2. The molecule has 10 nitrogen and oxygen atoms in total. The van der Waals surface area contributed by atoms with Crippen molar-refractivity contribution in [1.29, 1.82) is 0 Å². The monoisotopic (exact) mass is 507 g/mol. The largest absolute Gasteiger partial charge is 0.338 e. The number of fused-ring (bicyclic) bond motifs is 4. The second kappa shape index (κ2) is 9.23. The van der Waals surface area contributed by atoms with Crippen molar-refractivity contribution in [3.05, 3.63) is 82.5 Å². The topological polar surface area (TPSA) is 130 Å². The van der Waals surface area contributed by atoms with Gasteiger partial charge in [0, 0.05) is 56.3 Å². The van der Waals surface area contributed by atoms with Crippen molar-refractivity contribution in [2.75, 3.05) is 23.1 Å². The van der Waals surface area contributed by atoms with Crippen LogP contribution in [0.3, 0.4) is 0 Å². The smallest absolute Gasteiger partial charge is 0.275 e. The van der Waals surface area contributed by atoms with E-state index in [2.05, 4.69) is 15.0 Å². The summed E-state index contributed by atoms with van der Waals surface area (Å²) in [6.45, 7) is 2.77. The summed E-state index contributed by atoms with van der Waals surface area (Å²) in [5.41, 5.74) is 1.35. The van der Waals surface area contributed by atoms with Crippen LogP contribution in [0, 0.1) is 5.92 Å². The van der Waals surface area contributed by atoms with Gasteiger partial charge in [-0.3, -0.25) is 24.1 Å². The van der Waals surface area contributed by atoms with Gasteiger partial charge < -0.3 is 14.8 Å². The van der Waals surface area contributed by atoms with Crippen LogP contribution in [0.25, 0.3) is 0 Å². The molecule has 1 aromatic carbocycles. The molecule has 0 radical (unpaired) electrons. The Bertz CT molecular complexity index is 1490. The van der Waals surface area contributed by atoms with Crippen molar-refractivity contribution >= 4 is 33.2 Å². The van der Waals surface area contributed by atoms with Crippen molar-refractivity contribution in [2.45, 2.75) is 30.7 Å². The Morgan fingerprint density at radius 2 is 1.81 bits per heavy atom. The molecule has 0 spiro atoms. The molecule has 2 aromatic heterocycles. The van der Waals surface area contributed by atoms with Gasteiger partial charge in [0.2, 0.25) is 5.91 Å². The SMILES string of the molecule is CC(=O)Nc1ccc(S(=O)(=O)Nc2ccc3n(c2=O)CC2CC3CN(C(=O)c3cccnc3)C2)cc1. The highest BCUT2D eigenvalue weighted by molar-refractivity contribution is 7.92. The van der Waals surface area contributed by atoms with Crippen LogP contribution in [0.4, 0.5) is 11.4 Å². The zero-order chi connectivity index (χ0) is 25.4. The van der Waals surface area contributed by atoms with E-state index >= 15 is 0 Å². The van der Waals surface area contributed by atoms with Crippen LogP contribution in [0.15, 0.2) is 70.6 Å². The Morgan fingerprint density at radius 1 is 1.03 bits per heavy atom. The van der Waals surface area contributed by atoms with Crippen LogP contribution >= 0.6 is 0 Å². The van der Waals surface area contributed by atoms with Gasteiger partial charge in [0.1, 0.15) is 5.69 Å². The molecule has 3 aromatic rings. The summed E-state index contributed by atoms with van der Waals surface area (Å²) in [7, 11) is -4.01. The number of rotatable bonds is 5. The molecule has 4 heterocycles. The quantitative estimate of drug-likeness (QED) is 0.545. The molecule has 0 aliphatic carbocycles. The van der Waals surface area contributed by atoms with Crippen molar-refractivity contribution < 1.29 is 18.0 Å². The maximum atomic E-state index is 13.3. The van der Waals surface area contributed by atoms with Crippen LogP contribution in [0.2, 0.25) is 0 Å². The summed E-state index contributed by atoms with van der Waals surface area (Å²) in [6, 6.07) is 12.4. The first-order valence-electron chi connectivity index (χ1n) is 11.5. The highest BCUT2D eigenvalue weighted by Gasteiger charge is 2.37. The Labute approximate surface area is 208 Å². The Morgan fingerprint density at radius 3 is 2.50 bits per heavy atom. The number of piperidine rings is 1. The van der Waals surface area contributed by atoms with Crippen molar-refractivity contribution in [1.82, 2.24) is 14.5 Å². The minimum atomic E-state index is -4.01. The Balaban J connectivity index is 1.36. The van der Waals surface area contributed by atoms with E-state index in [-0.39, 0.29) is 34.2 Å². The molecule has 2 aliphatic rings. The first-order chi connectivity index (χ1) is 17.2. The van der Waals surface area contributed by atoms with Gasteiger partial charge in [0.15, 0.2) is 0 Å². The van der Waals surface area contributed by atoms with Crippen LogP contribution in [-0.2, 0) is 21.4 Å². The minimum Gasteiger partial charge on any atom is -0.338 e. The average molecular weight is 508 g/mol. The van der Waals surface area contributed by atoms with Gasteiger partial charge in [-0.05, 0) is 60.9 Å². The van der Waals surface area contributed by atoms with Gasteiger partial charge in [-0.2, -0.15) is 0 Å². The number of sulfonamides is 1. The molecule has 5 rings (SSSR count). The molecular weight excluding hydrogens is 482 g/mol. The van der Waals surface area contributed by atoms with E-state index in [0.29, 0.717) is 30.9 Å². The molecule has 1 saturated heterocycles. The second-order valence-electron chi connectivity index (χ2n) is 9.15. The molecule has 1 fully saturated rings. The third-order valence-electron chi connectivity index (χ3n) is 6.53. The number of benzene rings is 1. The summed E-state index contributed by atoms with van der Waals surface area (Å²) >= 11 is 0. The summed E-state index contributed by atoms with van der Waals surface area (Å²) in [5.74, 6) is -0.275. The fourth-order valence-electron chi connectivity index (χ4n) is 4.99. The molecule has 2 amide bonds. The van der Waals surface area contributed by atoms with Crippen LogP contribution < -0.4 is 15.6 Å². The predicted molar refractivity (Wildman–Crippen MR) is 133 cm³/mol. The van der Waals surface area contributed by atoms with Gasteiger partial charge >= 0.3 is 0 Å². The van der Waals surface area contributed by atoms with Crippen LogP contribution in [0.1, 0.15) is 35.3 Å². The lowest BCUT2D eigenvalue weighted by molar-refractivity contribution is -0.114. The van der Waals surface area contributed by atoms with E-state index in [0.717, 1.165) is 12.1 Å². The summed E-state index contributed by atoms with van der Waals surface area (Å²) in [6.07, 6.45) is 4.04. The number of anilines is 2. The standard InChI is InChI=1S/C25H25N5O5S/c1-16(31)27-20-4-6-21(7-5-20)36(34,35)28-22-8-9-23-19-11-17(14-30(23)25(22)33)13-29(15-19)24(32)18-3-2-10-26-12-18/h2-10,12,17,19,28H,11,13-15H2,1H3,(H,27,31). The van der Waals surface area contributed by atoms with E-state index in [1.54, 1.807) is 35.2 Å². The van der Waals surface area contributed by atoms with Gasteiger partial charge in [-0.25, -0.2) is 8.42 Å². The molecule has 11 heteroatoms. The van der Waals surface area contributed by atoms with E-state index in [4.69, 9.17) is 0 Å². The molecule has 186 valence electrons. The minimum absolute atomic E-state index is 0.0159. The first-order valence-corrected chi connectivity index (χ1v) is 13.0. The lowest BCUT2D eigenvalue weighted by Gasteiger charge is -2.42. The van der Waals surface area contributed by atoms with Gasteiger partial charge in [0.25, 0.3) is 21.5 Å². The van der Waals surface area contributed by atoms with Gasteiger partial charge in [-0.15, -0.1) is 0 Å². The molecule has 2 aliphatic heterocycles. The number of pyridine rings is 2. The normalized spacial score (nSPS) is 18.8. The highest BCUT2D eigenvalue weighted by atomic mass is 32.2. The second-order valence-corrected chi connectivity index (χ2v) is 10.8. The zero-order valence-corrected chi connectivity index (χ0v) is 20.4. The number of aromatic nitrogens is 2. The average Bonchev–Trinajstić information content (AvgIpc) is 2.86. The van der Waals surface area contributed by atoms with Crippen molar-refractivity contribution in [2.24, 2.45) is 5.92 Å². The fourth-order valence-corrected chi connectivity index (χ4v) is 6.04. The summed E-state index contributed by atoms with van der Waals surface area (Å²) in [5, 5.41) is 2.58. The highest BCUT2D eigenvalue weighted by Crippen LogP contribution is 2.36.